The number of rotatable bonds is 5. The van der Waals surface area contributed by atoms with E-state index in [1.807, 2.05) is 29.3 Å². The summed E-state index contributed by atoms with van der Waals surface area (Å²) in [5.41, 5.74) is 2.07. The van der Waals surface area contributed by atoms with Gasteiger partial charge in [-0.3, -0.25) is 4.79 Å². The van der Waals surface area contributed by atoms with E-state index in [4.69, 9.17) is 9.47 Å². The van der Waals surface area contributed by atoms with E-state index >= 15 is 0 Å². The second-order valence-corrected chi connectivity index (χ2v) is 7.35. The van der Waals surface area contributed by atoms with Gasteiger partial charge in [0.05, 0.1) is 17.6 Å². The molecule has 26 heavy (non-hydrogen) atoms. The summed E-state index contributed by atoms with van der Waals surface area (Å²) >= 11 is 1.52. The molecule has 6 nitrogen and oxygen atoms in total. The Morgan fingerprint density at radius 2 is 1.96 bits per heavy atom. The van der Waals surface area contributed by atoms with Crippen LogP contribution in [0, 0.1) is 0 Å². The molecule has 1 aromatic carbocycles. The van der Waals surface area contributed by atoms with Crippen molar-refractivity contribution < 1.29 is 14.3 Å². The van der Waals surface area contributed by atoms with E-state index in [2.05, 4.69) is 16.5 Å². The highest BCUT2D eigenvalue weighted by Crippen LogP contribution is 2.35. The van der Waals surface area contributed by atoms with Crippen molar-refractivity contribution >= 4 is 17.7 Å². The first kappa shape index (κ1) is 17.3. The Labute approximate surface area is 157 Å². The fourth-order valence-electron chi connectivity index (χ4n) is 3.40. The zero-order valence-corrected chi connectivity index (χ0v) is 15.8. The minimum atomic E-state index is 0.207. The minimum Gasteiger partial charge on any atom is -0.486 e. The molecule has 1 aromatic heterocycles. The zero-order chi connectivity index (χ0) is 17.9. The highest BCUT2D eigenvalue weighted by Gasteiger charge is 2.20. The van der Waals surface area contributed by atoms with E-state index < -0.39 is 0 Å². The summed E-state index contributed by atoms with van der Waals surface area (Å²) in [7, 11) is 0. The Balaban J connectivity index is 1.52. The van der Waals surface area contributed by atoms with Crippen LogP contribution in [-0.4, -0.2) is 52.4 Å². The van der Waals surface area contributed by atoms with Gasteiger partial charge in [0.25, 0.3) is 0 Å². The molecule has 3 heterocycles. The number of hydrogen-bond acceptors (Lipinski definition) is 5. The van der Waals surface area contributed by atoms with Crippen LogP contribution in [0.5, 0.6) is 11.5 Å². The quantitative estimate of drug-likeness (QED) is 0.754. The Hall–Kier alpha value is -2.15. The van der Waals surface area contributed by atoms with E-state index in [-0.39, 0.29) is 5.91 Å². The molecule has 2 aliphatic heterocycles. The Morgan fingerprint density at radius 1 is 1.19 bits per heavy atom. The lowest BCUT2D eigenvalue weighted by molar-refractivity contribution is -0.127. The van der Waals surface area contributed by atoms with Gasteiger partial charge in [0.15, 0.2) is 16.7 Å². The second kappa shape index (κ2) is 7.61. The Bertz CT molecular complexity index is 799. The van der Waals surface area contributed by atoms with Crippen LogP contribution in [0.15, 0.2) is 29.6 Å². The summed E-state index contributed by atoms with van der Waals surface area (Å²) < 4.78 is 13.4. The molecule has 0 aliphatic carbocycles. The van der Waals surface area contributed by atoms with Crippen LogP contribution in [0.4, 0.5) is 0 Å². The molecule has 1 fully saturated rings. The molecule has 0 saturated carbocycles. The number of amides is 1. The summed E-state index contributed by atoms with van der Waals surface area (Å²) in [6.07, 6.45) is 4.11. The minimum absolute atomic E-state index is 0.207. The standard InChI is InChI=1S/C19H23N3O3S/c1-2-22-15(14-5-6-16-17(11-14)25-10-9-24-16)12-20-19(22)26-13-18(23)21-7-3-4-8-21/h5-6,11-12H,2-4,7-10,13H2,1H3. The average Bonchev–Trinajstić information content (AvgIpc) is 3.35. The zero-order valence-electron chi connectivity index (χ0n) is 14.9. The van der Waals surface area contributed by atoms with Gasteiger partial charge in [-0.1, -0.05) is 11.8 Å². The smallest absolute Gasteiger partial charge is 0.233 e. The summed E-state index contributed by atoms with van der Waals surface area (Å²) in [4.78, 5) is 18.8. The van der Waals surface area contributed by atoms with Gasteiger partial charge in [-0.25, -0.2) is 4.98 Å². The molecule has 4 rings (SSSR count). The van der Waals surface area contributed by atoms with Crippen molar-refractivity contribution in [2.45, 2.75) is 31.5 Å². The van der Waals surface area contributed by atoms with E-state index in [0.717, 1.165) is 60.4 Å². The number of likely N-dealkylation sites (tertiary alicyclic amines) is 1. The molecule has 0 radical (unpaired) electrons. The van der Waals surface area contributed by atoms with E-state index in [9.17, 15) is 4.79 Å². The van der Waals surface area contributed by atoms with Gasteiger partial charge >= 0.3 is 0 Å². The summed E-state index contributed by atoms with van der Waals surface area (Å²) in [5, 5.41) is 0.880. The molecule has 2 aliphatic rings. The first-order valence-electron chi connectivity index (χ1n) is 9.12. The van der Waals surface area contributed by atoms with Crippen molar-refractivity contribution in [3.8, 4) is 22.8 Å². The first-order chi connectivity index (χ1) is 12.8. The molecular formula is C19H23N3O3S. The number of ether oxygens (including phenoxy) is 2. The molecule has 0 bridgehead atoms. The van der Waals surface area contributed by atoms with Crippen LogP contribution >= 0.6 is 11.8 Å². The predicted octanol–water partition coefficient (Wildman–Crippen LogP) is 3.06. The van der Waals surface area contributed by atoms with Crippen LogP contribution in [0.25, 0.3) is 11.3 Å². The van der Waals surface area contributed by atoms with Gasteiger partial charge in [0.1, 0.15) is 13.2 Å². The number of fused-ring (bicyclic) bond motifs is 1. The number of carbonyl (C=O) groups is 1. The highest BCUT2D eigenvalue weighted by molar-refractivity contribution is 7.99. The maximum atomic E-state index is 12.3. The van der Waals surface area contributed by atoms with Crippen molar-refractivity contribution in [1.29, 1.82) is 0 Å². The number of carbonyl (C=O) groups excluding carboxylic acids is 1. The Kier molecular flexibility index (Phi) is 5.06. The molecule has 0 spiro atoms. The highest BCUT2D eigenvalue weighted by atomic mass is 32.2. The summed E-state index contributed by atoms with van der Waals surface area (Å²) in [6.45, 7) is 5.84. The number of imidazole rings is 1. The van der Waals surface area contributed by atoms with Crippen LogP contribution in [0.2, 0.25) is 0 Å². The predicted molar refractivity (Wildman–Crippen MR) is 101 cm³/mol. The normalized spacial score (nSPS) is 16.1. The SMILES string of the molecule is CCn1c(-c2ccc3c(c2)OCCO3)cnc1SCC(=O)N1CCCC1. The van der Waals surface area contributed by atoms with E-state index in [1.165, 1.54) is 11.8 Å². The number of hydrogen-bond donors (Lipinski definition) is 0. The topological polar surface area (TPSA) is 56.6 Å². The lowest BCUT2D eigenvalue weighted by atomic mass is 10.1. The summed E-state index contributed by atoms with van der Waals surface area (Å²) in [5.74, 6) is 2.21. The van der Waals surface area contributed by atoms with Crippen molar-refractivity contribution in [2.75, 3.05) is 32.1 Å². The average molecular weight is 373 g/mol. The molecule has 0 unspecified atom stereocenters. The third-order valence-corrected chi connectivity index (χ3v) is 5.73. The van der Waals surface area contributed by atoms with Gasteiger partial charge in [-0.2, -0.15) is 0 Å². The first-order valence-corrected chi connectivity index (χ1v) is 10.1. The monoisotopic (exact) mass is 373 g/mol. The maximum Gasteiger partial charge on any atom is 0.233 e. The fourth-order valence-corrected chi connectivity index (χ4v) is 4.34. The molecule has 0 atom stereocenters. The molecule has 2 aromatic rings. The number of nitrogens with zero attached hydrogens (tertiary/aromatic N) is 3. The maximum absolute atomic E-state index is 12.3. The third-order valence-electron chi connectivity index (χ3n) is 4.76. The lowest BCUT2D eigenvalue weighted by Crippen LogP contribution is -2.29. The Morgan fingerprint density at radius 3 is 2.73 bits per heavy atom. The van der Waals surface area contributed by atoms with Crippen LogP contribution in [0.3, 0.4) is 0 Å². The van der Waals surface area contributed by atoms with Crippen molar-refractivity contribution in [1.82, 2.24) is 14.5 Å². The molecule has 1 saturated heterocycles. The van der Waals surface area contributed by atoms with E-state index in [0.29, 0.717) is 19.0 Å². The fraction of sp³-hybridized carbons (Fsp3) is 0.474. The van der Waals surface area contributed by atoms with Crippen LogP contribution in [-0.2, 0) is 11.3 Å². The van der Waals surface area contributed by atoms with Crippen LogP contribution < -0.4 is 9.47 Å². The van der Waals surface area contributed by atoms with Crippen molar-refractivity contribution in [2.24, 2.45) is 0 Å². The molecule has 7 heteroatoms. The number of thioether (sulfide) groups is 1. The number of aromatic nitrogens is 2. The van der Waals surface area contributed by atoms with Gasteiger partial charge in [-0.15, -0.1) is 0 Å². The molecule has 138 valence electrons. The third kappa shape index (κ3) is 3.40. The van der Waals surface area contributed by atoms with Gasteiger partial charge < -0.3 is 18.9 Å². The van der Waals surface area contributed by atoms with Crippen molar-refractivity contribution in [3.05, 3.63) is 24.4 Å². The molecule has 1 amide bonds. The van der Waals surface area contributed by atoms with Crippen molar-refractivity contribution in [3.63, 3.8) is 0 Å². The van der Waals surface area contributed by atoms with Gasteiger partial charge in [-0.05, 0) is 38.0 Å². The number of benzene rings is 1. The molecule has 0 N–H and O–H groups in total. The largest absolute Gasteiger partial charge is 0.486 e. The van der Waals surface area contributed by atoms with Gasteiger partial charge in [0, 0.05) is 25.2 Å². The van der Waals surface area contributed by atoms with Crippen LogP contribution in [0.1, 0.15) is 19.8 Å². The van der Waals surface area contributed by atoms with E-state index in [1.54, 1.807) is 0 Å². The molecular weight excluding hydrogens is 350 g/mol. The second-order valence-electron chi connectivity index (χ2n) is 6.41. The van der Waals surface area contributed by atoms with Gasteiger partial charge in [0.2, 0.25) is 5.91 Å². The summed E-state index contributed by atoms with van der Waals surface area (Å²) in [6, 6.07) is 5.97. The lowest BCUT2D eigenvalue weighted by Gasteiger charge is -2.19.